The van der Waals surface area contributed by atoms with Crippen LogP contribution >= 0.6 is 0 Å². The van der Waals surface area contributed by atoms with Crippen molar-refractivity contribution in [3.8, 4) is 6.07 Å². The lowest BCUT2D eigenvalue weighted by atomic mass is 9.86. The molecule has 2 aromatic rings. The van der Waals surface area contributed by atoms with Gasteiger partial charge >= 0.3 is 0 Å². The minimum atomic E-state index is -3.68. The number of rotatable bonds is 5. The Balaban J connectivity index is 2.34. The summed E-state index contributed by atoms with van der Waals surface area (Å²) in [6.45, 7) is 5.60. The molecule has 7 heteroatoms. The van der Waals surface area contributed by atoms with Crippen molar-refractivity contribution < 1.29 is 13.2 Å². The molecule has 0 bridgehead atoms. The zero-order valence-electron chi connectivity index (χ0n) is 15.9. The summed E-state index contributed by atoms with van der Waals surface area (Å²) in [6, 6.07) is 15.6. The Hall–Kier alpha value is -2.85. The molecule has 0 atom stereocenters. The number of anilines is 2. The van der Waals surface area contributed by atoms with Crippen LogP contribution in [0.3, 0.4) is 0 Å². The molecule has 6 nitrogen and oxygen atoms in total. The van der Waals surface area contributed by atoms with Gasteiger partial charge in [0.1, 0.15) is 6.54 Å². The number of carbonyl (C=O) groups is 1. The van der Waals surface area contributed by atoms with Gasteiger partial charge in [-0.05, 0) is 35.2 Å². The summed E-state index contributed by atoms with van der Waals surface area (Å²) in [6.07, 6.45) is 1.08. The Morgan fingerprint density at radius 3 is 2.41 bits per heavy atom. The van der Waals surface area contributed by atoms with E-state index in [0.29, 0.717) is 16.9 Å². The summed E-state index contributed by atoms with van der Waals surface area (Å²) in [4.78, 5) is 12.5. The first kappa shape index (κ1) is 20.5. The van der Waals surface area contributed by atoms with Gasteiger partial charge in [-0.2, -0.15) is 5.26 Å². The van der Waals surface area contributed by atoms with Crippen molar-refractivity contribution >= 4 is 27.3 Å². The molecule has 0 radical (unpaired) electrons. The molecule has 0 aliphatic rings. The second-order valence-electron chi connectivity index (χ2n) is 7.28. The van der Waals surface area contributed by atoms with Crippen molar-refractivity contribution in [1.29, 1.82) is 5.26 Å². The lowest BCUT2D eigenvalue weighted by molar-refractivity contribution is -0.114. The van der Waals surface area contributed by atoms with Crippen LogP contribution in [-0.4, -0.2) is 27.1 Å². The number of nitrogens with zero attached hydrogens (tertiary/aromatic N) is 2. The van der Waals surface area contributed by atoms with Crippen molar-refractivity contribution in [2.75, 3.05) is 22.4 Å². The number of carbonyl (C=O) groups excluding carboxylic acids is 1. The smallest absolute Gasteiger partial charge is 0.245 e. The van der Waals surface area contributed by atoms with E-state index in [1.807, 2.05) is 39.0 Å². The molecule has 0 unspecified atom stereocenters. The molecule has 0 aromatic heterocycles. The van der Waals surface area contributed by atoms with E-state index in [1.165, 1.54) is 6.07 Å². The van der Waals surface area contributed by atoms with Crippen LogP contribution < -0.4 is 9.62 Å². The van der Waals surface area contributed by atoms with Crippen LogP contribution in [0.5, 0.6) is 0 Å². The molecule has 0 saturated carbocycles. The van der Waals surface area contributed by atoms with Crippen LogP contribution in [0.25, 0.3) is 0 Å². The van der Waals surface area contributed by atoms with E-state index in [0.717, 1.165) is 16.1 Å². The Labute approximate surface area is 160 Å². The molecule has 2 aromatic carbocycles. The van der Waals surface area contributed by atoms with Crippen LogP contribution in [0, 0.1) is 11.3 Å². The van der Waals surface area contributed by atoms with Gasteiger partial charge in [0, 0.05) is 5.69 Å². The van der Waals surface area contributed by atoms with Gasteiger partial charge in [-0.1, -0.05) is 45.0 Å². The molecule has 1 N–H and O–H groups in total. The number of hydrogen-bond donors (Lipinski definition) is 1. The molecule has 0 heterocycles. The fourth-order valence-corrected chi connectivity index (χ4v) is 3.57. The zero-order chi connectivity index (χ0) is 20.2. The molecule has 2 rings (SSSR count). The molecule has 0 aliphatic carbocycles. The average Bonchev–Trinajstić information content (AvgIpc) is 2.58. The van der Waals surface area contributed by atoms with E-state index in [2.05, 4.69) is 5.32 Å². The first-order chi connectivity index (χ1) is 12.5. The minimum Gasteiger partial charge on any atom is -0.324 e. The van der Waals surface area contributed by atoms with Crippen molar-refractivity contribution in [1.82, 2.24) is 0 Å². The highest BCUT2D eigenvalue weighted by Crippen LogP contribution is 2.33. The normalized spacial score (nSPS) is 11.5. The van der Waals surface area contributed by atoms with Crippen molar-refractivity contribution in [3.63, 3.8) is 0 Å². The number of nitrogens with one attached hydrogen (secondary N) is 1. The molecule has 142 valence electrons. The Morgan fingerprint density at radius 1 is 1.15 bits per heavy atom. The van der Waals surface area contributed by atoms with Crippen LogP contribution in [0.4, 0.5) is 11.4 Å². The molecular formula is C20H23N3O3S. The van der Waals surface area contributed by atoms with Gasteiger partial charge in [0.05, 0.1) is 23.6 Å². The summed E-state index contributed by atoms with van der Waals surface area (Å²) in [5.41, 5.74) is 1.86. The van der Waals surface area contributed by atoms with Gasteiger partial charge in [-0.3, -0.25) is 9.10 Å². The van der Waals surface area contributed by atoms with Gasteiger partial charge in [-0.15, -0.1) is 0 Å². The zero-order valence-corrected chi connectivity index (χ0v) is 16.7. The fourth-order valence-electron chi connectivity index (χ4n) is 2.70. The lowest BCUT2D eigenvalue weighted by Gasteiger charge is -2.29. The second kappa shape index (κ2) is 7.80. The highest BCUT2D eigenvalue weighted by Gasteiger charge is 2.27. The maximum Gasteiger partial charge on any atom is 0.245 e. The molecular weight excluding hydrogens is 362 g/mol. The average molecular weight is 385 g/mol. The number of sulfonamides is 1. The molecule has 0 saturated heterocycles. The summed E-state index contributed by atoms with van der Waals surface area (Å²) in [7, 11) is -3.68. The van der Waals surface area contributed by atoms with E-state index in [4.69, 9.17) is 5.26 Å². The molecule has 0 aliphatic heterocycles. The van der Waals surface area contributed by atoms with Crippen LogP contribution in [-0.2, 0) is 20.2 Å². The first-order valence-corrected chi connectivity index (χ1v) is 10.2. The number of nitriles is 1. The van der Waals surface area contributed by atoms with E-state index < -0.39 is 15.9 Å². The van der Waals surface area contributed by atoms with Gasteiger partial charge in [0.15, 0.2) is 0 Å². The molecule has 1 amide bonds. The second-order valence-corrected chi connectivity index (χ2v) is 9.18. The van der Waals surface area contributed by atoms with E-state index in [-0.39, 0.29) is 12.0 Å². The summed E-state index contributed by atoms with van der Waals surface area (Å²) < 4.78 is 25.9. The number of benzene rings is 2. The molecule has 0 fully saturated rings. The van der Waals surface area contributed by atoms with Crippen molar-refractivity contribution in [2.24, 2.45) is 0 Å². The van der Waals surface area contributed by atoms with Gasteiger partial charge < -0.3 is 5.32 Å². The summed E-state index contributed by atoms with van der Waals surface area (Å²) in [5.74, 6) is -0.487. The van der Waals surface area contributed by atoms with Crippen molar-refractivity contribution in [3.05, 3.63) is 59.7 Å². The Kier molecular flexibility index (Phi) is 5.91. The lowest BCUT2D eigenvalue weighted by Crippen LogP contribution is -2.38. The third-order valence-corrected chi connectivity index (χ3v) is 5.07. The van der Waals surface area contributed by atoms with E-state index in [9.17, 15) is 13.2 Å². The Morgan fingerprint density at radius 2 is 1.81 bits per heavy atom. The topological polar surface area (TPSA) is 90.3 Å². The van der Waals surface area contributed by atoms with E-state index >= 15 is 0 Å². The molecule has 27 heavy (non-hydrogen) atoms. The standard InChI is InChI=1S/C20H23N3O3S/c1-20(2,3)17-10-5-6-11-18(17)23(27(4,25)26)14-19(24)22-16-9-7-8-15(12-16)13-21/h5-12H,14H2,1-4H3,(H,22,24). The number of para-hydroxylation sites is 1. The number of amides is 1. The maximum atomic E-state index is 12.5. The third-order valence-electron chi connectivity index (χ3n) is 3.94. The SMILES string of the molecule is CC(C)(C)c1ccccc1N(CC(=O)Nc1cccc(C#N)c1)S(C)(=O)=O. The monoisotopic (exact) mass is 385 g/mol. The van der Waals surface area contributed by atoms with Crippen LogP contribution in [0.1, 0.15) is 31.9 Å². The maximum absolute atomic E-state index is 12.5. The van der Waals surface area contributed by atoms with Crippen molar-refractivity contribution in [2.45, 2.75) is 26.2 Å². The third kappa shape index (κ3) is 5.31. The number of hydrogen-bond acceptors (Lipinski definition) is 4. The highest BCUT2D eigenvalue weighted by atomic mass is 32.2. The predicted octanol–water partition coefficient (Wildman–Crippen LogP) is 3.26. The first-order valence-electron chi connectivity index (χ1n) is 8.39. The fraction of sp³-hybridized carbons (Fsp3) is 0.300. The van der Waals surface area contributed by atoms with Gasteiger partial charge in [0.2, 0.25) is 15.9 Å². The largest absolute Gasteiger partial charge is 0.324 e. The van der Waals surface area contributed by atoms with E-state index in [1.54, 1.807) is 30.3 Å². The predicted molar refractivity (Wildman–Crippen MR) is 107 cm³/mol. The van der Waals surface area contributed by atoms with Gasteiger partial charge in [-0.25, -0.2) is 8.42 Å². The minimum absolute atomic E-state index is 0.295. The highest BCUT2D eigenvalue weighted by molar-refractivity contribution is 7.92. The quantitative estimate of drug-likeness (QED) is 0.855. The molecule has 0 spiro atoms. The summed E-state index contributed by atoms with van der Waals surface area (Å²) in [5, 5.41) is 11.6. The van der Waals surface area contributed by atoms with Gasteiger partial charge in [0.25, 0.3) is 0 Å². The summed E-state index contributed by atoms with van der Waals surface area (Å²) >= 11 is 0. The van der Waals surface area contributed by atoms with Crippen LogP contribution in [0.2, 0.25) is 0 Å². The Bertz CT molecular complexity index is 986. The van der Waals surface area contributed by atoms with Crippen LogP contribution in [0.15, 0.2) is 48.5 Å².